The molecule has 100 valence electrons. The number of aromatic nitrogens is 1. The molecule has 2 heterocycles. The third kappa shape index (κ3) is 2.69. The lowest BCUT2D eigenvalue weighted by Crippen LogP contribution is -2.17. The highest BCUT2D eigenvalue weighted by atomic mass is 32.1. The molecule has 1 saturated heterocycles. The molecule has 3 nitrogen and oxygen atoms in total. The second kappa shape index (κ2) is 5.57. The minimum absolute atomic E-state index is 0.774. The van der Waals surface area contributed by atoms with Crippen LogP contribution in [-0.2, 0) is 6.54 Å². The van der Waals surface area contributed by atoms with Gasteiger partial charge in [0.1, 0.15) is 0 Å². The molecule has 0 amide bonds. The fraction of sp³-hybridized carbons (Fsp3) is 0.786. The van der Waals surface area contributed by atoms with Crippen molar-refractivity contribution in [1.82, 2.24) is 10.3 Å². The molecule has 2 fully saturated rings. The summed E-state index contributed by atoms with van der Waals surface area (Å²) in [4.78, 5) is 8.90. The quantitative estimate of drug-likeness (QED) is 0.801. The lowest BCUT2D eigenvalue weighted by atomic mass is 10.2. The predicted molar refractivity (Wildman–Crippen MR) is 77.5 cm³/mol. The predicted octanol–water partition coefficient (Wildman–Crippen LogP) is 3.12. The van der Waals surface area contributed by atoms with Crippen molar-refractivity contribution in [3.05, 3.63) is 10.6 Å². The lowest BCUT2D eigenvalue weighted by Gasteiger charge is -2.12. The molecule has 1 N–H and O–H groups in total. The first kappa shape index (κ1) is 12.4. The zero-order chi connectivity index (χ0) is 12.4. The number of thiazole rings is 1. The van der Waals surface area contributed by atoms with Crippen LogP contribution in [0.25, 0.3) is 0 Å². The van der Waals surface area contributed by atoms with Gasteiger partial charge < -0.3 is 10.2 Å². The summed E-state index contributed by atoms with van der Waals surface area (Å²) in [5.41, 5.74) is 1.41. The highest BCUT2D eigenvalue weighted by molar-refractivity contribution is 7.15. The van der Waals surface area contributed by atoms with E-state index in [9.17, 15) is 0 Å². The zero-order valence-electron chi connectivity index (χ0n) is 11.2. The average Bonchev–Trinajstić information content (AvgIpc) is 2.93. The molecule has 0 bridgehead atoms. The molecule has 0 unspecified atom stereocenters. The molecule has 1 saturated carbocycles. The van der Waals surface area contributed by atoms with Crippen LogP contribution < -0.4 is 10.2 Å². The largest absolute Gasteiger partial charge is 0.348 e. The molecule has 2 aliphatic rings. The highest BCUT2D eigenvalue weighted by Crippen LogP contribution is 2.44. The average molecular weight is 265 g/mol. The molecule has 18 heavy (non-hydrogen) atoms. The van der Waals surface area contributed by atoms with Crippen LogP contribution in [0.3, 0.4) is 0 Å². The summed E-state index contributed by atoms with van der Waals surface area (Å²) in [5, 5.41) is 4.81. The van der Waals surface area contributed by atoms with E-state index in [2.05, 4.69) is 17.1 Å². The molecular formula is C14H23N3S. The van der Waals surface area contributed by atoms with Gasteiger partial charge in [0.05, 0.1) is 5.69 Å². The first-order valence-corrected chi connectivity index (χ1v) is 8.15. The van der Waals surface area contributed by atoms with Crippen molar-refractivity contribution in [1.29, 1.82) is 0 Å². The minimum atomic E-state index is 0.774. The van der Waals surface area contributed by atoms with Gasteiger partial charge in [-0.2, -0.15) is 0 Å². The van der Waals surface area contributed by atoms with E-state index >= 15 is 0 Å². The van der Waals surface area contributed by atoms with Gasteiger partial charge in [0.15, 0.2) is 5.13 Å². The topological polar surface area (TPSA) is 28.2 Å². The minimum Gasteiger partial charge on any atom is -0.348 e. The van der Waals surface area contributed by atoms with Crippen molar-refractivity contribution >= 4 is 16.5 Å². The van der Waals surface area contributed by atoms with Crippen LogP contribution in [0.4, 0.5) is 5.13 Å². The van der Waals surface area contributed by atoms with Gasteiger partial charge in [-0.25, -0.2) is 4.98 Å². The third-order valence-corrected chi connectivity index (χ3v) is 4.90. The van der Waals surface area contributed by atoms with Gasteiger partial charge in [-0.05, 0) is 38.6 Å². The molecule has 0 atom stereocenters. The summed E-state index contributed by atoms with van der Waals surface area (Å²) in [7, 11) is 0. The number of nitrogens with one attached hydrogen (secondary N) is 1. The maximum Gasteiger partial charge on any atom is 0.185 e. The maximum absolute atomic E-state index is 4.94. The molecular weight excluding hydrogens is 242 g/mol. The Kier molecular flexibility index (Phi) is 3.85. The molecule has 0 radical (unpaired) electrons. The first-order chi connectivity index (χ1) is 8.88. The van der Waals surface area contributed by atoms with Gasteiger partial charge in [0.2, 0.25) is 0 Å². The highest BCUT2D eigenvalue weighted by Gasteiger charge is 2.30. The Morgan fingerprint density at radius 2 is 2.11 bits per heavy atom. The van der Waals surface area contributed by atoms with E-state index < -0.39 is 0 Å². The van der Waals surface area contributed by atoms with E-state index in [1.165, 1.54) is 60.9 Å². The van der Waals surface area contributed by atoms with Crippen LogP contribution in [0.2, 0.25) is 0 Å². The van der Waals surface area contributed by atoms with E-state index in [4.69, 9.17) is 4.98 Å². The maximum atomic E-state index is 4.94. The van der Waals surface area contributed by atoms with Gasteiger partial charge in [-0.3, -0.25) is 0 Å². The van der Waals surface area contributed by atoms with Crippen molar-refractivity contribution in [2.75, 3.05) is 24.5 Å². The van der Waals surface area contributed by atoms with Crippen LogP contribution >= 0.6 is 11.3 Å². The Labute approximate surface area is 114 Å². The summed E-state index contributed by atoms with van der Waals surface area (Å²) in [6, 6.07) is 0. The van der Waals surface area contributed by atoms with Crippen LogP contribution in [0.1, 0.15) is 55.5 Å². The fourth-order valence-electron chi connectivity index (χ4n) is 2.58. The number of nitrogens with zero attached hydrogens (tertiary/aromatic N) is 2. The first-order valence-electron chi connectivity index (χ1n) is 7.33. The van der Waals surface area contributed by atoms with E-state index in [0.717, 1.165) is 19.0 Å². The van der Waals surface area contributed by atoms with Crippen molar-refractivity contribution in [3.63, 3.8) is 0 Å². The van der Waals surface area contributed by atoms with Crippen LogP contribution in [0.5, 0.6) is 0 Å². The summed E-state index contributed by atoms with van der Waals surface area (Å²) < 4.78 is 0. The van der Waals surface area contributed by atoms with Crippen LogP contribution in [0, 0.1) is 0 Å². The van der Waals surface area contributed by atoms with Crippen molar-refractivity contribution in [2.45, 2.75) is 51.5 Å². The Hall–Kier alpha value is -0.610. The third-order valence-electron chi connectivity index (χ3n) is 3.77. The molecule has 1 aromatic heterocycles. The van der Waals surface area contributed by atoms with E-state index in [1.807, 2.05) is 11.3 Å². The van der Waals surface area contributed by atoms with Gasteiger partial charge in [0.25, 0.3) is 0 Å². The standard InChI is InChI=1S/C14H23N3S/c1-2-7-15-10-12-13(11-5-6-11)16-14(18-12)17-8-3-4-9-17/h11,15H,2-10H2,1H3. The van der Waals surface area contributed by atoms with E-state index in [1.54, 1.807) is 0 Å². The van der Waals surface area contributed by atoms with Gasteiger partial charge in [0, 0.05) is 30.4 Å². The Bertz CT molecular complexity index is 392. The van der Waals surface area contributed by atoms with Gasteiger partial charge in [-0.15, -0.1) is 11.3 Å². The second-order valence-corrected chi connectivity index (χ2v) is 6.51. The Morgan fingerprint density at radius 1 is 1.33 bits per heavy atom. The summed E-state index contributed by atoms with van der Waals surface area (Å²) in [6.07, 6.45) is 6.58. The zero-order valence-corrected chi connectivity index (χ0v) is 12.1. The molecule has 1 aromatic rings. The van der Waals surface area contributed by atoms with Gasteiger partial charge >= 0.3 is 0 Å². The second-order valence-electron chi connectivity index (χ2n) is 5.45. The smallest absolute Gasteiger partial charge is 0.185 e. The fourth-order valence-corrected chi connectivity index (χ4v) is 3.74. The number of anilines is 1. The molecule has 3 rings (SSSR count). The number of hydrogen-bond acceptors (Lipinski definition) is 4. The van der Waals surface area contributed by atoms with Crippen molar-refractivity contribution < 1.29 is 0 Å². The van der Waals surface area contributed by atoms with Crippen LogP contribution in [-0.4, -0.2) is 24.6 Å². The summed E-state index contributed by atoms with van der Waals surface area (Å²) >= 11 is 1.93. The van der Waals surface area contributed by atoms with E-state index in [0.29, 0.717) is 0 Å². The van der Waals surface area contributed by atoms with Crippen molar-refractivity contribution in [3.8, 4) is 0 Å². The Balaban J connectivity index is 1.73. The summed E-state index contributed by atoms with van der Waals surface area (Å²) in [6.45, 7) is 6.77. The molecule has 1 aliphatic heterocycles. The normalized spacial score (nSPS) is 19.7. The molecule has 0 spiro atoms. The lowest BCUT2D eigenvalue weighted by molar-refractivity contribution is 0.676. The van der Waals surface area contributed by atoms with Crippen molar-refractivity contribution in [2.24, 2.45) is 0 Å². The molecule has 1 aliphatic carbocycles. The molecule has 0 aromatic carbocycles. The van der Waals surface area contributed by atoms with Gasteiger partial charge in [-0.1, -0.05) is 6.92 Å². The van der Waals surface area contributed by atoms with E-state index in [-0.39, 0.29) is 0 Å². The Morgan fingerprint density at radius 3 is 2.78 bits per heavy atom. The SMILES string of the molecule is CCCNCc1sc(N2CCCC2)nc1C1CC1. The van der Waals surface area contributed by atoms with Crippen LogP contribution in [0.15, 0.2) is 0 Å². The molecule has 4 heteroatoms. The number of rotatable bonds is 6. The monoisotopic (exact) mass is 265 g/mol. The summed E-state index contributed by atoms with van der Waals surface area (Å²) in [5.74, 6) is 0.774. The number of hydrogen-bond donors (Lipinski definition) is 1.